The molecule has 0 saturated carbocycles. The Morgan fingerprint density at radius 3 is 2.69 bits per heavy atom. The molecule has 4 nitrogen and oxygen atoms in total. The molecule has 5 heteroatoms. The largest absolute Gasteiger partial charge is 0.471 e. The van der Waals surface area contributed by atoms with Crippen molar-refractivity contribution in [3.05, 3.63) is 11.2 Å². The standard InChI is InChI=1S/C11H18ClN3O/c1-5-6-13-10-14-7-8(12)9(15-10)16-11(2,3)4/h7H,5-6H2,1-4H3,(H,13,14,15). The SMILES string of the molecule is CCCNc1ncc(Cl)c(OC(C)(C)C)n1. The van der Waals surface area contributed by atoms with Gasteiger partial charge in [0.2, 0.25) is 11.8 Å². The monoisotopic (exact) mass is 243 g/mol. The molecule has 1 rings (SSSR count). The van der Waals surface area contributed by atoms with Gasteiger partial charge in [-0.1, -0.05) is 18.5 Å². The molecule has 0 atom stereocenters. The van der Waals surface area contributed by atoms with Crippen LogP contribution in [0.2, 0.25) is 5.02 Å². The molecular formula is C11H18ClN3O. The van der Waals surface area contributed by atoms with Gasteiger partial charge >= 0.3 is 0 Å². The van der Waals surface area contributed by atoms with Gasteiger partial charge in [-0.25, -0.2) is 4.98 Å². The number of nitrogens with one attached hydrogen (secondary N) is 1. The fourth-order valence-corrected chi connectivity index (χ4v) is 1.16. The lowest BCUT2D eigenvalue weighted by Gasteiger charge is -2.21. The number of rotatable bonds is 4. The summed E-state index contributed by atoms with van der Waals surface area (Å²) in [7, 11) is 0. The number of aromatic nitrogens is 2. The Morgan fingerprint density at radius 1 is 1.44 bits per heavy atom. The van der Waals surface area contributed by atoms with Crippen molar-refractivity contribution in [3.63, 3.8) is 0 Å². The van der Waals surface area contributed by atoms with Gasteiger partial charge in [-0.2, -0.15) is 4.98 Å². The molecule has 0 aromatic carbocycles. The fourth-order valence-electron chi connectivity index (χ4n) is 1.04. The molecule has 0 aliphatic carbocycles. The number of ether oxygens (including phenoxy) is 1. The molecular weight excluding hydrogens is 226 g/mol. The summed E-state index contributed by atoms with van der Waals surface area (Å²) >= 11 is 5.96. The number of halogens is 1. The van der Waals surface area contributed by atoms with Crippen molar-refractivity contribution < 1.29 is 4.74 Å². The Hall–Kier alpha value is -1.03. The van der Waals surface area contributed by atoms with Gasteiger partial charge in [0.1, 0.15) is 10.6 Å². The van der Waals surface area contributed by atoms with Crippen LogP contribution in [0.4, 0.5) is 5.95 Å². The van der Waals surface area contributed by atoms with Crippen molar-refractivity contribution in [1.82, 2.24) is 9.97 Å². The number of hydrogen-bond donors (Lipinski definition) is 1. The summed E-state index contributed by atoms with van der Waals surface area (Å²) in [6.45, 7) is 8.76. The van der Waals surface area contributed by atoms with E-state index in [1.807, 2.05) is 20.8 Å². The quantitative estimate of drug-likeness (QED) is 0.883. The van der Waals surface area contributed by atoms with Crippen LogP contribution in [-0.4, -0.2) is 22.1 Å². The minimum absolute atomic E-state index is 0.319. The van der Waals surface area contributed by atoms with Crippen LogP contribution in [0.15, 0.2) is 6.20 Å². The second-order valence-electron chi connectivity index (χ2n) is 4.49. The molecule has 0 radical (unpaired) electrons. The third kappa shape index (κ3) is 4.23. The maximum atomic E-state index is 5.96. The Bertz CT molecular complexity index is 350. The molecule has 1 aromatic rings. The average Bonchev–Trinajstić information content (AvgIpc) is 2.17. The summed E-state index contributed by atoms with van der Waals surface area (Å²) < 4.78 is 5.63. The van der Waals surface area contributed by atoms with E-state index >= 15 is 0 Å². The summed E-state index contributed by atoms with van der Waals surface area (Å²) in [5, 5.41) is 3.51. The molecule has 0 spiro atoms. The van der Waals surface area contributed by atoms with Crippen LogP contribution in [0.25, 0.3) is 0 Å². The predicted octanol–water partition coefficient (Wildman–Crippen LogP) is 3.13. The molecule has 0 unspecified atom stereocenters. The lowest BCUT2D eigenvalue weighted by molar-refractivity contribution is 0.124. The Balaban J connectivity index is 2.82. The second kappa shape index (κ2) is 5.34. The smallest absolute Gasteiger partial charge is 0.238 e. The lowest BCUT2D eigenvalue weighted by Crippen LogP contribution is -2.24. The summed E-state index contributed by atoms with van der Waals surface area (Å²) in [5.74, 6) is 0.966. The van der Waals surface area contributed by atoms with E-state index in [2.05, 4.69) is 22.2 Å². The fraction of sp³-hybridized carbons (Fsp3) is 0.636. The molecule has 0 amide bonds. The van der Waals surface area contributed by atoms with Crippen molar-refractivity contribution in [2.75, 3.05) is 11.9 Å². The van der Waals surface area contributed by atoms with Crippen LogP contribution in [-0.2, 0) is 0 Å². The van der Waals surface area contributed by atoms with Crippen LogP contribution in [0.1, 0.15) is 34.1 Å². The van der Waals surface area contributed by atoms with E-state index in [0.29, 0.717) is 16.9 Å². The zero-order valence-corrected chi connectivity index (χ0v) is 10.9. The van der Waals surface area contributed by atoms with Gasteiger partial charge in [0.05, 0.1) is 6.20 Å². The van der Waals surface area contributed by atoms with Crippen molar-refractivity contribution >= 4 is 17.5 Å². The van der Waals surface area contributed by atoms with E-state index < -0.39 is 0 Å². The Labute approximate surface area is 101 Å². The number of nitrogens with zero attached hydrogens (tertiary/aromatic N) is 2. The highest BCUT2D eigenvalue weighted by Gasteiger charge is 2.16. The molecule has 1 heterocycles. The van der Waals surface area contributed by atoms with Gasteiger partial charge < -0.3 is 10.1 Å². The van der Waals surface area contributed by atoms with Crippen molar-refractivity contribution in [2.24, 2.45) is 0 Å². The molecule has 0 saturated heterocycles. The normalized spacial score (nSPS) is 11.3. The molecule has 1 N–H and O–H groups in total. The van der Waals surface area contributed by atoms with Crippen LogP contribution < -0.4 is 10.1 Å². The van der Waals surface area contributed by atoms with Crippen LogP contribution in [0.3, 0.4) is 0 Å². The van der Waals surface area contributed by atoms with E-state index in [1.54, 1.807) is 6.20 Å². The van der Waals surface area contributed by atoms with Crippen LogP contribution in [0.5, 0.6) is 5.88 Å². The minimum atomic E-state index is -0.319. The number of hydrogen-bond acceptors (Lipinski definition) is 4. The Kier molecular flexibility index (Phi) is 4.35. The van der Waals surface area contributed by atoms with Crippen LogP contribution >= 0.6 is 11.6 Å². The number of anilines is 1. The highest BCUT2D eigenvalue weighted by Crippen LogP contribution is 2.25. The topological polar surface area (TPSA) is 47.0 Å². The van der Waals surface area contributed by atoms with E-state index in [4.69, 9.17) is 16.3 Å². The average molecular weight is 244 g/mol. The molecule has 1 aromatic heterocycles. The molecule has 0 aliphatic heterocycles. The molecule has 16 heavy (non-hydrogen) atoms. The first-order chi connectivity index (χ1) is 7.42. The summed E-state index contributed by atoms with van der Waals surface area (Å²) in [4.78, 5) is 8.29. The van der Waals surface area contributed by atoms with Gasteiger partial charge in [-0.3, -0.25) is 0 Å². The maximum absolute atomic E-state index is 5.96. The highest BCUT2D eigenvalue weighted by molar-refractivity contribution is 6.31. The summed E-state index contributed by atoms with van der Waals surface area (Å²) in [5.41, 5.74) is -0.319. The van der Waals surface area contributed by atoms with E-state index in [9.17, 15) is 0 Å². The van der Waals surface area contributed by atoms with Crippen LogP contribution in [0, 0.1) is 0 Å². The third-order valence-electron chi connectivity index (χ3n) is 1.65. The van der Waals surface area contributed by atoms with E-state index in [0.717, 1.165) is 13.0 Å². The first kappa shape index (κ1) is 13.0. The second-order valence-corrected chi connectivity index (χ2v) is 4.90. The first-order valence-corrected chi connectivity index (χ1v) is 5.75. The van der Waals surface area contributed by atoms with E-state index in [1.165, 1.54) is 0 Å². The minimum Gasteiger partial charge on any atom is -0.471 e. The van der Waals surface area contributed by atoms with Gasteiger partial charge in [0, 0.05) is 6.54 Å². The van der Waals surface area contributed by atoms with Crippen molar-refractivity contribution in [1.29, 1.82) is 0 Å². The first-order valence-electron chi connectivity index (χ1n) is 5.38. The molecule has 0 fully saturated rings. The van der Waals surface area contributed by atoms with Crippen molar-refractivity contribution in [2.45, 2.75) is 39.7 Å². The van der Waals surface area contributed by atoms with Gasteiger partial charge in [-0.15, -0.1) is 0 Å². The molecule has 90 valence electrons. The van der Waals surface area contributed by atoms with E-state index in [-0.39, 0.29) is 5.60 Å². The van der Waals surface area contributed by atoms with Crippen molar-refractivity contribution in [3.8, 4) is 5.88 Å². The summed E-state index contributed by atoms with van der Waals surface area (Å²) in [6, 6.07) is 0. The lowest BCUT2D eigenvalue weighted by atomic mass is 10.2. The summed E-state index contributed by atoms with van der Waals surface area (Å²) in [6.07, 6.45) is 2.56. The zero-order valence-electron chi connectivity index (χ0n) is 10.2. The van der Waals surface area contributed by atoms with Gasteiger partial charge in [-0.05, 0) is 27.2 Å². The zero-order chi connectivity index (χ0) is 12.2. The molecule has 0 bridgehead atoms. The third-order valence-corrected chi connectivity index (χ3v) is 1.91. The molecule has 0 aliphatic rings. The highest BCUT2D eigenvalue weighted by atomic mass is 35.5. The van der Waals surface area contributed by atoms with Gasteiger partial charge in [0.25, 0.3) is 0 Å². The maximum Gasteiger partial charge on any atom is 0.238 e. The predicted molar refractivity (Wildman–Crippen MR) is 66.2 cm³/mol. The van der Waals surface area contributed by atoms with Gasteiger partial charge in [0.15, 0.2) is 0 Å². The Morgan fingerprint density at radius 2 is 2.12 bits per heavy atom.